The highest BCUT2D eigenvalue weighted by Crippen LogP contribution is 2.30. The molecule has 0 saturated carbocycles. The minimum Gasteiger partial charge on any atom is -0.483 e. The number of amides is 1. The monoisotopic (exact) mass is 398 g/mol. The molecule has 0 fully saturated rings. The van der Waals surface area contributed by atoms with Gasteiger partial charge < -0.3 is 15.0 Å². The van der Waals surface area contributed by atoms with E-state index < -0.39 is 0 Å². The Morgan fingerprint density at radius 2 is 1.63 bits per heavy atom. The molecule has 152 valence electrons. The third kappa shape index (κ3) is 4.23. The molecule has 3 aromatic carbocycles. The van der Waals surface area contributed by atoms with Crippen molar-refractivity contribution in [1.29, 1.82) is 0 Å². The average molecular weight is 399 g/mol. The molecule has 0 unspecified atom stereocenters. The topological polar surface area (TPSA) is 54.1 Å². The molecule has 4 heteroatoms. The summed E-state index contributed by atoms with van der Waals surface area (Å²) in [6.45, 7) is 4.48. The molecular formula is C26H26N2O2. The minimum absolute atomic E-state index is 0.00108. The number of hydrogen-bond acceptors (Lipinski definition) is 2. The molecule has 0 aliphatic carbocycles. The van der Waals surface area contributed by atoms with Crippen molar-refractivity contribution in [3.8, 4) is 5.75 Å². The van der Waals surface area contributed by atoms with E-state index in [0.29, 0.717) is 6.54 Å². The zero-order valence-corrected chi connectivity index (χ0v) is 17.3. The van der Waals surface area contributed by atoms with Crippen LogP contribution in [-0.4, -0.2) is 24.0 Å². The van der Waals surface area contributed by atoms with E-state index in [4.69, 9.17) is 4.74 Å². The van der Waals surface area contributed by atoms with E-state index in [-0.39, 0.29) is 18.4 Å². The van der Waals surface area contributed by atoms with Crippen molar-refractivity contribution >= 4 is 16.8 Å². The van der Waals surface area contributed by atoms with Crippen LogP contribution in [0.25, 0.3) is 10.9 Å². The summed E-state index contributed by atoms with van der Waals surface area (Å²) in [5.41, 5.74) is 5.50. The lowest BCUT2D eigenvalue weighted by atomic mass is 9.91. The highest BCUT2D eigenvalue weighted by atomic mass is 16.5. The van der Waals surface area contributed by atoms with Crippen molar-refractivity contribution in [2.75, 3.05) is 13.2 Å². The van der Waals surface area contributed by atoms with Gasteiger partial charge in [-0.05, 0) is 42.2 Å². The minimum atomic E-state index is -0.126. The lowest BCUT2D eigenvalue weighted by Gasteiger charge is -2.19. The molecule has 1 heterocycles. The van der Waals surface area contributed by atoms with Crippen molar-refractivity contribution in [2.24, 2.45) is 0 Å². The number of carbonyl (C=O) groups excluding carboxylic acids is 1. The lowest BCUT2D eigenvalue weighted by Crippen LogP contribution is -2.33. The molecule has 1 aromatic heterocycles. The van der Waals surface area contributed by atoms with Crippen molar-refractivity contribution in [2.45, 2.75) is 19.8 Å². The summed E-state index contributed by atoms with van der Waals surface area (Å²) in [6.07, 6.45) is 2.04. The fraction of sp³-hybridized carbons (Fsp3) is 0.192. The van der Waals surface area contributed by atoms with E-state index in [0.717, 1.165) is 22.4 Å². The Morgan fingerprint density at radius 1 is 0.933 bits per heavy atom. The van der Waals surface area contributed by atoms with Crippen LogP contribution in [0.2, 0.25) is 0 Å². The highest BCUT2D eigenvalue weighted by molar-refractivity contribution is 5.84. The zero-order valence-electron chi connectivity index (χ0n) is 17.3. The molecule has 0 saturated heterocycles. The molecule has 1 amide bonds. The van der Waals surface area contributed by atoms with Gasteiger partial charge in [0.15, 0.2) is 6.61 Å². The third-order valence-electron chi connectivity index (χ3n) is 5.46. The maximum atomic E-state index is 12.6. The van der Waals surface area contributed by atoms with Crippen LogP contribution in [0.3, 0.4) is 0 Å². The van der Waals surface area contributed by atoms with E-state index in [1.807, 2.05) is 68.6 Å². The van der Waals surface area contributed by atoms with Gasteiger partial charge in [-0.2, -0.15) is 0 Å². The first-order chi connectivity index (χ1) is 14.6. The van der Waals surface area contributed by atoms with Gasteiger partial charge in [-0.15, -0.1) is 0 Å². The normalized spacial score (nSPS) is 11.9. The molecule has 0 radical (unpaired) electrons. The largest absolute Gasteiger partial charge is 0.483 e. The van der Waals surface area contributed by atoms with Gasteiger partial charge in [-0.25, -0.2) is 0 Å². The van der Waals surface area contributed by atoms with E-state index in [2.05, 4.69) is 34.6 Å². The number of aromatic nitrogens is 1. The number of H-pyrrole nitrogens is 1. The number of fused-ring (bicyclic) bond motifs is 1. The van der Waals surface area contributed by atoms with Crippen LogP contribution >= 0.6 is 0 Å². The molecule has 4 aromatic rings. The number of hydrogen-bond donors (Lipinski definition) is 2. The number of para-hydroxylation sites is 2. The van der Waals surface area contributed by atoms with E-state index in [9.17, 15) is 4.79 Å². The van der Waals surface area contributed by atoms with Crippen molar-refractivity contribution in [3.05, 3.63) is 101 Å². The van der Waals surface area contributed by atoms with Gasteiger partial charge >= 0.3 is 0 Å². The van der Waals surface area contributed by atoms with Gasteiger partial charge in [0.25, 0.3) is 5.91 Å². The van der Waals surface area contributed by atoms with Crippen LogP contribution in [-0.2, 0) is 4.79 Å². The molecule has 1 atom stereocenters. The van der Waals surface area contributed by atoms with Gasteiger partial charge in [-0.3, -0.25) is 4.79 Å². The summed E-state index contributed by atoms with van der Waals surface area (Å²) in [6, 6.07) is 24.5. The summed E-state index contributed by atoms with van der Waals surface area (Å²) >= 11 is 0. The highest BCUT2D eigenvalue weighted by Gasteiger charge is 2.19. The van der Waals surface area contributed by atoms with Gasteiger partial charge in [0.2, 0.25) is 0 Å². The van der Waals surface area contributed by atoms with Gasteiger partial charge in [-0.1, -0.05) is 66.7 Å². The molecule has 30 heavy (non-hydrogen) atoms. The quantitative estimate of drug-likeness (QED) is 0.454. The fourth-order valence-corrected chi connectivity index (χ4v) is 3.91. The fourth-order valence-electron chi connectivity index (χ4n) is 3.91. The van der Waals surface area contributed by atoms with Gasteiger partial charge in [0.05, 0.1) is 0 Å². The molecule has 0 spiro atoms. The summed E-state index contributed by atoms with van der Waals surface area (Å²) < 4.78 is 5.81. The number of benzene rings is 3. The Labute approximate surface area is 176 Å². The molecule has 4 rings (SSSR count). The predicted octanol–water partition coefficient (Wildman–Crippen LogP) is 5.11. The van der Waals surface area contributed by atoms with Crippen molar-refractivity contribution < 1.29 is 9.53 Å². The second-order valence-corrected chi connectivity index (χ2v) is 7.57. The first kappa shape index (κ1) is 19.8. The second kappa shape index (κ2) is 8.87. The Morgan fingerprint density at radius 3 is 2.40 bits per heavy atom. The van der Waals surface area contributed by atoms with Crippen LogP contribution in [0.1, 0.15) is 28.2 Å². The Bertz CT molecular complexity index is 1130. The molecular weight excluding hydrogens is 372 g/mol. The maximum absolute atomic E-state index is 12.6. The Hall–Kier alpha value is -3.53. The van der Waals surface area contributed by atoms with Crippen molar-refractivity contribution in [1.82, 2.24) is 10.3 Å². The predicted molar refractivity (Wildman–Crippen MR) is 121 cm³/mol. The number of carbonyl (C=O) groups is 1. The Balaban J connectivity index is 1.50. The second-order valence-electron chi connectivity index (χ2n) is 7.57. The number of aromatic amines is 1. The molecule has 0 aliphatic heterocycles. The first-order valence-corrected chi connectivity index (χ1v) is 10.2. The number of rotatable bonds is 7. The summed E-state index contributed by atoms with van der Waals surface area (Å²) in [5, 5.41) is 4.24. The van der Waals surface area contributed by atoms with E-state index in [1.54, 1.807) is 0 Å². The third-order valence-corrected chi connectivity index (χ3v) is 5.46. The number of aryl methyl sites for hydroxylation is 2. The van der Waals surface area contributed by atoms with Crippen LogP contribution < -0.4 is 10.1 Å². The summed E-state index contributed by atoms with van der Waals surface area (Å²) in [5.74, 6) is 0.703. The first-order valence-electron chi connectivity index (χ1n) is 10.2. The smallest absolute Gasteiger partial charge is 0.257 e. The van der Waals surface area contributed by atoms with Crippen LogP contribution in [0.4, 0.5) is 0 Å². The van der Waals surface area contributed by atoms with Crippen LogP contribution in [0.15, 0.2) is 79.0 Å². The van der Waals surface area contributed by atoms with E-state index >= 15 is 0 Å². The van der Waals surface area contributed by atoms with Crippen molar-refractivity contribution in [3.63, 3.8) is 0 Å². The molecule has 0 bridgehead atoms. The van der Waals surface area contributed by atoms with Crippen LogP contribution in [0.5, 0.6) is 5.75 Å². The summed E-state index contributed by atoms with van der Waals surface area (Å²) in [7, 11) is 0. The maximum Gasteiger partial charge on any atom is 0.257 e. The average Bonchev–Trinajstić information content (AvgIpc) is 3.18. The lowest BCUT2D eigenvalue weighted by molar-refractivity contribution is -0.123. The van der Waals surface area contributed by atoms with E-state index in [1.165, 1.54) is 16.5 Å². The Kier molecular flexibility index (Phi) is 5.84. The number of nitrogens with one attached hydrogen (secondary N) is 2. The number of ether oxygens (including phenoxy) is 1. The molecule has 4 nitrogen and oxygen atoms in total. The molecule has 2 N–H and O–H groups in total. The zero-order chi connectivity index (χ0) is 20.9. The van der Waals surface area contributed by atoms with Gasteiger partial charge in [0.1, 0.15) is 5.75 Å². The molecule has 0 aliphatic rings. The van der Waals surface area contributed by atoms with Gasteiger partial charge in [0, 0.05) is 29.6 Å². The summed E-state index contributed by atoms with van der Waals surface area (Å²) in [4.78, 5) is 15.9. The standard InChI is InChI=1S/C26H26N2O2/c1-18-9-8-10-19(2)26(18)30-17-25(29)28-15-22(20-11-4-3-5-12-20)23-16-27-24-14-7-6-13-21(23)24/h3-14,16,22,27H,15,17H2,1-2H3,(H,28,29)/t22-/m1/s1. The van der Waals surface area contributed by atoms with Crippen LogP contribution in [0, 0.1) is 13.8 Å². The SMILES string of the molecule is Cc1cccc(C)c1OCC(=O)NC[C@H](c1ccccc1)c1c[nH]c2ccccc12.